The van der Waals surface area contributed by atoms with Gasteiger partial charge in [0, 0.05) is 49.2 Å². The van der Waals surface area contributed by atoms with Crippen molar-refractivity contribution in [2.75, 3.05) is 40.6 Å². The third kappa shape index (κ3) is 6.54. The van der Waals surface area contributed by atoms with Crippen molar-refractivity contribution in [1.29, 1.82) is 5.26 Å². The minimum Gasteiger partial charge on any atom is -0.478 e. The van der Waals surface area contributed by atoms with E-state index in [9.17, 15) is 20.0 Å². The molecule has 3 aromatic carbocycles. The van der Waals surface area contributed by atoms with Gasteiger partial charge in [-0.05, 0) is 100 Å². The molecule has 1 N–H and O–H groups in total. The van der Waals surface area contributed by atoms with Gasteiger partial charge in [-0.2, -0.15) is 5.26 Å². The zero-order chi connectivity index (χ0) is 39.5. The van der Waals surface area contributed by atoms with Crippen LogP contribution < -0.4 is 9.47 Å². The van der Waals surface area contributed by atoms with E-state index in [1.165, 1.54) is 7.11 Å². The second-order valence-corrected chi connectivity index (χ2v) is 16.2. The van der Waals surface area contributed by atoms with E-state index in [1.807, 2.05) is 68.8 Å². The van der Waals surface area contributed by atoms with Crippen LogP contribution in [0.1, 0.15) is 68.4 Å². The Balaban J connectivity index is 1.38. The molecular weight excluding hydrogens is 717 g/mol. The average molecular weight is 764 g/mol. The van der Waals surface area contributed by atoms with E-state index >= 15 is 4.39 Å². The summed E-state index contributed by atoms with van der Waals surface area (Å²) >= 11 is 0. The van der Waals surface area contributed by atoms with Crippen LogP contribution in [0.5, 0.6) is 11.6 Å². The molecule has 4 fully saturated rings. The number of carbonyl (C=O) groups is 2. The number of aryl methyl sites for hydroxylation is 1. The Morgan fingerprint density at radius 2 is 1.93 bits per heavy atom. The second kappa shape index (κ2) is 14.6. The highest BCUT2D eigenvalue weighted by molar-refractivity contribution is 6.15. The van der Waals surface area contributed by atoms with Gasteiger partial charge in [-0.1, -0.05) is 24.3 Å². The van der Waals surface area contributed by atoms with Crippen LogP contribution in [0.15, 0.2) is 48.7 Å². The number of carbonyl (C=O) groups excluding carboxylic acids is 1. The van der Waals surface area contributed by atoms with Gasteiger partial charge >= 0.3 is 12.1 Å². The topological polar surface area (TPSA) is 139 Å². The predicted molar refractivity (Wildman–Crippen MR) is 209 cm³/mol. The smallest absolute Gasteiger partial charge is 0.410 e. The number of halogens is 1. The van der Waals surface area contributed by atoms with Crippen LogP contribution in [0, 0.1) is 23.1 Å². The van der Waals surface area contributed by atoms with Gasteiger partial charge in [-0.15, -0.1) is 0 Å². The summed E-state index contributed by atoms with van der Waals surface area (Å²) in [5.74, 6) is -1.25. The summed E-state index contributed by atoms with van der Waals surface area (Å²) in [6, 6.07) is 14.9. The van der Waals surface area contributed by atoms with Gasteiger partial charge < -0.3 is 38.4 Å². The van der Waals surface area contributed by atoms with Crippen molar-refractivity contribution >= 4 is 44.6 Å². The zero-order valence-corrected chi connectivity index (χ0v) is 32.3. The van der Waals surface area contributed by atoms with Crippen molar-refractivity contribution in [3.05, 3.63) is 65.6 Å². The molecule has 5 heterocycles. The lowest BCUT2D eigenvalue weighted by Crippen LogP contribution is -2.44. The summed E-state index contributed by atoms with van der Waals surface area (Å²) in [4.78, 5) is 35.2. The number of pyridine rings is 1. The maximum atomic E-state index is 17.9. The molecule has 1 saturated carbocycles. The molecule has 1 aliphatic carbocycles. The van der Waals surface area contributed by atoms with Crippen molar-refractivity contribution in [2.24, 2.45) is 5.92 Å². The molecule has 9 rings (SSSR count). The molecule has 4 atom stereocenters. The van der Waals surface area contributed by atoms with E-state index in [0.717, 1.165) is 36.6 Å². The minimum atomic E-state index is -1.17. The standard InChI is InChI=1S/C43H46FN5O7/c1-43(2,3)56-42(52)48-20-26-18-33(48)38(26)49-21-32(41(50)51)35-39(49)31-17-25(11-8-14-45)34(30-19-28(55-23-53-5)16-24-10-6-7-13-29(24)30)36(44)37(31)46-40(35)54-22-27-12-9-15-47(27)4/h6-7,10,13,16-17,19,21,26-27,33,38H,8-9,11-12,15,18,20,22-23H2,1-5H3,(H,50,51). The van der Waals surface area contributed by atoms with E-state index in [2.05, 4.69) is 11.0 Å². The first-order valence-corrected chi connectivity index (χ1v) is 19.2. The summed E-state index contributed by atoms with van der Waals surface area (Å²) in [6.45, 7) is 7.07. The van der Waals surface area contributed by atoms with Crippen LogP contribution in [-0.2, 0) is 15.9 Å². The molecule has 4 aliphatic rings. The number of hydrogen-bond donors (Lipinski definition) is 1. The first kappa shape index (κ1) is 37.5. The molecule has 12 nitrogen and oxygen atoms in total. The summed E-state index contributed by atoms with van der Waals surface area (Å²) < 4.78 is 43.1. The number of likely N-dealkylation sites (N-methyl/N-ethyl adjacent to an activating group) is 1. The molecule has 0 radical (unpaired) electrons. The van der Waals surface area contributed by atoms with Crippen molar-refractivity contribution in [2.45, 2.75) is 76.6 Å². The van der Waals surface area contributed by atoms with E-state index in [0.29, 0.717) is 34.3 Å². The van der Waals surface area contributed by atoms with Gasteiger partial charge in [0.1, 0.15) is 23.5 Å². The fraction of sp³-hybridized carbons (Fsp3) is 0.442. The Kier molecular flexibility index (Phi) is 9.75. The van der Waals surface area contributed by atoms with E-state index in [1.54, 1.807) is 17.2 Å². The molecular formula is C43H46FN5O7. The number of nitrogens with zero attached hydrogens (tertiary/aromatic N) is 5. The molecule has 13 heteroatoms. The normalized spacial score (nSPS) is 20.8. The van der Waals surface area contributed by atoms with Gasteiger partial charge in [0.15, 0.2) is 12.6 Å². The summed E-state index contributed by atoms with van der Waals surface area (Å²) in [5, 5.41) is 22.7. The number of ether oxygens (including phenoxy) is 4. The Hall–Kier alpha value is -5.45. The lowest BCUT2D eigenvalue weighted by atomic mass is 9.79. The van der Waals surface area contributed by atoms with Crippen LogP contribution in [-0.4, -0.2) is 94.9 Å². The van der Waals surface area contributed by atoms with Gasteiger partial charge in [0.05, 0.1) is 34.6 Å². The number of hydrogen-bond acceptors (Lipinski definition) is 9. The van der Waals surface area contributed by atoms with E-state index in [-0.39, 0.29) is 78.2 Å². The lowest BCUT2D eigenvalue weighted by Gasteiger charge is -2.38. The van der Waals surface area contributed by atoms with Crippen molar-refractivity contribution in [1.82, 2.24) is 19.4 Å². The highest BCUT2D eigenvalue weighted by Crippen LogP contribution is 2.53. The quantitative estimate of drug-likeness (QED) is 0.132. The Morgan fingerprint density at radius 3 is 2.64 bits per heavy atom. The molecule has 3 saturated heterocycles. The first-order valence-electron chi connectivity index (χ1n) is 19.2. The van der Waals surface area contributed by atoms with Crippen LogP contribution in [0.3, 0.4) is 0 Å². The van der Waals surface area contributed by atoms with Crippen LogP contribution in [0.25, 0.3) is 43.7 Å². The van der Waals surface area contributed by atoms with Gasteiger partial charge in [0.2, 0.25) is 5.88 Å². The number of amides is 1. The summed E-state index contributed by atoms with van der Waals surface area (Å²) in [5.41, 5.74) is 1.18. The largest absolute Gasteiger partial charge is 0.478 e. The number of nitriles is 1. The SMILES string of the molecule is COCOc1cc(-c2c(CCC#N)cc3c(nc(OCC4CCCN4C)c4c(C(=O)O)cn(C5C6CC5N(C(=O)OC(C)(C)C)C6)c43)c2F)c2ccccc2c1. The van der Waals surface area contributed by atoms with Gasteiger partial charge in [0.25, 0.3) is 0 Å². The maximum absolute atomic E-state index is 17.9. The number of carboxylic acid groups (broad SMARTS) is 1. The third-order valence-corrected chi connectivity index (χ3v) is 11.5. The van der Waals surface area contributed by atoms with Gasteiger partial charge in [-0.25, -0.2) is 19.0 Å². The molecule has 3 aliphatic heterocycles. The fourth-order valence-electron chi connectivity index (χ4n) is 8.93. The number of benzene rings is 3. The van der Waals surface area contributed by atoms with E-state index < -0.39 is 23.5 Å². The second-order valence-electron chi connectivity index (χ2n) is 16.2. The van der Waals surface area contributed by atoms with Crippen LogP contribution in [0.2, 0.25) is 0 Å². The van der Waals surface area contributed by atoms with Crippen LogP contribution in [0.4, 0.5) is 9.18 Å². The monoisotopic (exact) mass is 763 g/mol. The van der Waals surface area contributed by atoms with Crippen molar-refractivity contribution in [3.63, 3.8) is 0 Å². The third-order valence-electron chi connectivity index (χ3n) is 11.5. The highest BCUT2D eigenvalue weighted by Gasteiger charge is 2.56. The average Bonchev–Trinajstić information content (AvgIpc) is 3.95. The lowest BCUT2D eigenvalue weighted by molar-refractivity contribution is 0.0210. The Morgan fingerprint density at radius 1 is 1.12 bits per heavy atom. The van der Waals surface area contributed by atoms with Crippen LogP contribution >= 0.6 is 0 Å². The molecule has 292 valence electrons. The number of fused-ring (bicyclic) bond motifs is 5. The molecule has 5 aromatic rings. The molecule has 56 heavy (non-hydrogen) atoms. The Bertz CT molecular complexity index is 2420. The molecule has 0 spiro atoms. The number of methoxy groups -OCH3 is 1. The molecule has 2 aromatic heterocycles. The number of aromatic carboxylic acids is 1. The Labute approximate surface area is 324 Å². The molecule has 4 unspecified atom stereocenters. The van der Waals surface area contributed by atoms with Gasteiger partial charge in [-0.3, -0.25) is 0 Å². The fourth-order valence-corrected chi connectivity index (χ4v) is 8.93. The number of aromatic nitrogens is 2. The molecule has 2 bridgehead atoms. The summed E-state index contributed by atoms with van der Waals surface area (Å²) in [6.07, 6.45) is 4.14. The minimum absolute atomic E-state index is 0.00684. The summed E-state index contributed by atoms with van der Waals surface area (Å²) in [7, 11) is 3.55. The zero-order valence-electron chi connectivity index (χ0n) is 32.3. The number of carboxylic acids is 1. The van der Waals surface area contributed by atoms with Crippen molar-refractivity contribution < 1.29 is 38.0 Å². The predicted octanol–water partition coefficient (Wildman–Crippen LogP) is 7.94. The molecule has 1 amide bonds. The highest BCUT2D eigenvalue weighted by atomic mass is 19.1. The maximum Gasteiger partial charge on any atom is 0.410 e. The van der Waals surface area contributed by atoms with Crippen molar-refractivity contribution in [3.8, 4) is 28.8 Å². The first-order chi connectivity index (χ1) is 26.9. The van der Waals surface area contributed by atoms with E-state index in [4.69, 9.17) is 23.9 Å². The number of likely N-dealkylation sites (tertiary alicyclic amines) is 1. The number of rotatable bonds is 11.